The fraction of sp³-hybridized carbons (Fsp3) is 0.400. The maximum Gasteiger partial charge on any atom is 0.303 e. The Morgan fingerprint density at radius 2 is 1.52 bits per heavy atom. The fourth-order valence-electron chi connectivity index (χ4n) is 6.20. The van der Waals surface area contributed by atoms with E-state index in [-0.39, 0.29) is 30.8 Å². The van der Waals surface area contributed by atoms with E-state index in [2.05, 4.69) is 0 Å². The van der Waals surface area contributed by atoms with Gasteiger partial charge in [0.15, 0.2) is 0 Å². The molecule has 6 rings (SSSR count). The zero-order chi connectivity index (χ0) is 21.8. The van der Waals surface area contributed by atoms with E-state index in [9.17, 15) is 19.5 Å². The molecule has 3 aliphatic carbocycles. The SMILES string of the molecule is O=C(O)CCCCCN1C(=O)[C@@H]2C3c4ccccc4C(CO)(c4ccccc43)[C@@H]2C1=O. The number of carboxylic acids is 1. The minimum Gasteiger partial charge on any atom is -0.481 e. The van der Waals surface area contributed by atoms with Gasteiger partial charge in [0, 0.05) is 18.9 Å². The van der Waals surface area contributed by atoms with Crippen LogP contribution >= 0.6 is 0 Å². The predicted molar refractivity (Wildman–Crippen MR) is 112 cm³/mol. The Hall–Kier alpha value is -2.99. The molecule has 0 saturated carbocycles. The van der Waals surface area contributed by atoms with Crippen LogP contribution in [0.25, 0.3) is 0 Å². The number of amides is 2. The Balaban J connectivity index is 1.54. The first-order chi connectivity index (χ1) is 15.0. The third-order valence-electron chi connectivity index (χ3n) is 7.41. The third kappa shape index (κ3) is 2.64. The van der Waals surface area contributed by atoms with Crippen LogP contribution in [0.4, 0.5) is 0 Å². The number of benzene rings is 2. The standard InChI is InChI=1S/C25H25NO5/c27-14-25-17-10-5-3-8-15(17)20(16-9-4-6-11-18(16)25)21-22(25)24(31)26(23(21)30)13-7-1-2-12-19(28)29/h3-6,8-11,20-22,27H,1-2,7,12-14H2,(H,28,29)/t20?,21-,22+,25?/m1/s1. The molecule has 1 saturated heterocycles. The van der Waals surface area contributed by atoms with Gasteiger partial charge in [-0.2, -0.15) is 0 Å². The highest BCUT2D eigenvalue weighted by molar-refractivity contribution is 6.08. The summed E-state index contributed by atoms with van der Waals surface area (Å²) in [5.41, 5.74) is 3.04. The number of aliphatic hydroxyl groups excluding tert-OH is 1. The Labute approximate surface area is 180 Å². The van der Waals surface area contributed by atoms with Gasteiger partial charge in [0.05, 0.1) is 23.9 Å². The number of likely N-dealkylation sites (tertiary alicyclic amines) is 1. The van der Waals surface area contributed by atoms with Crippen molar-refractivity contribution in [3.05, 3.63) is 70.8 Å². The van der Waals surface area contributed by atoms with Gasteiger partial charge in [-0.1, -0.05) is 55.0 Å². The highest BCUT2D eigenvalue weighted by Crippen LogP contribution is 2.63. The van der Waals surface area contributed by atoms with Crippen molar-refractivity contribution in [2.45, 2.75) is 37.0 Å². The molecule has 2 N–H and O–H groups in total. The van der Waals surface area contributed by atoms with Gasteiger partial charge in [-0.3, -0.25) is 19.3 Å². The first kappa shape index (κ1) is 19.9. The Morgan fingerprint density at radius 3 is 2.10 bits per heavy atom. The van der Waals surface area contributed by atoms with Gasteiger partial charge in [-0.05, 0) is 35.1 Å². The smallest absolute Gasteiger partial charge is 0.303 e. The molecule has 1 aliphatic heterocycles. The Morgan fingerprint density at radius 1 is 0.903 bits per heavy atom. The quantitative estimate of drug-likeness (QED) is 0.532. The number of hydrogen-bond donors (Lipinski definition) is 2. The molecule has 1 fully saturated rings. The van der Waals surface area contributed by atoms with Crippen molar-refractivity contribution < 1.29 is 24.6 Å². The second kappa shape index (κ2) is 7.31. The van der Waals surface area contributed by atoms with Crippen molar-refractivity contribution in [1.82, 2.24) is 4.90 Å². The Bertz CT molecular complexity index is 1030. The van der Waals surface area contributed by atoms with E-state index in [1.807, 2.05) is 48.5 Å². The molecule has 2 atom stereocenters. The summed E-state index contributed by atoms with van der Waals surface area (Å²) in [5.74, 6) is -2.53. The maximum absolute atomic E-state index is 13.6. The van der Waals surface area contributed by atoms with Crippen molar-refractivity contribution in [1.29, 1.82) is 0 Å². The number of unbranched alkanes of at least 4 members (excludes halogenated alkanes) is 2. The second-order valence-electron chi connectivity index (χ2n) is 8.82. The number of carbonyl (C=O) groups excluding carboxylic acids is 2. The van der Waals surface area contributed by atoms with Crippen molar-refractivity contribution >= 4 is 17.8 Å². The van der Waals surface area contributed by atoms with Crippen molar-refractivity contribution in [2.75, 3.05) is 13.2 Å². The number of carboxylic acid groups (broad SMARTS) is 1. The Kier molecular flexibility index (Phi) is 4.70. The van der Waals surface area contributed by atoms with E-state index in [4.69, 9.17) is 5.11 Å². The lowest BCUT2D eigenvalue weighted by Gasteiger charge is -2.53. The number of rotatable bonds is 7. The molecule has 0 unspecified atom stereocenters. The molecular formula is C25H25NO5. The average Bonchev–Trinajstić information content (AvgIpc) is 3.04. The summed E-state index contributed by atoms with van der Waals surface area (Å²) in [6.07, 6.45) is 1.85. The van der Waals surface area contributed by atoms with Crippen LogP contribution in [-0.4, -0.2) is 46.0 Å². The lowest BCUT2D eigenvalue weighted by atomic mass is 9.47. The van der Waals surface area contributed by atoms with Gasteiger partial charge in [-0.25, -0.2) is 0 Å². The van der Waals surface area contributed by atoms with Gasteiger partial charge in [0.25, 0.3) is 0 Å². The monoisotopic (exact) mass is 419 g/mol. The molecule has 6 heteroatoms. The van der Waals surface area contributed by atoms with Gasteiger partial charge >= 0.3 is 5.97 Å². The van der Waals surface area contributed by atoms with E-state index in [1.165, 1.54) is 4.90 Å². The summed E-state index contributed by atoms with van der Waals surface area (Å²) in [7, 11) is 0. The largest absolute Gasteiger partial charge is 0.481 e. The summed E-state index contributed by atoms with van der Waals surface area (Å²) in [6.45, 7) is 0.0611. The maximum atomic E-state index is 13.6. The van der Waals surface area contributed by atoms with E-state index >= 15 is 0 Å². The summed E-state index contributed by atoms with van der Waals surface area (Å²) in [6, 6.07) is 15.7. The molecule has 0 aromatic heterocycles. The molecule has 2 bridgehead atoms. The number of aliphatic hydroxyl groups is 1. The van der Waals surface area contributed by atoms with Crippen LogP contribution in [0.2, 0.25) is 0 Å². The normalized spacial score (nSPS) is 27.8. The fourth-order valence-corrected chi connectivity index (χ4v) is 6.20. The summed E-state index contributed by atoms with van der Waals surface area (Å²) < 4.78 is 0. The predicted octanol–water partition coefficient (Wildman–Crippen LogP) is 2.67. The first-order valence-electron chi connectivity index (χ1n) is 10.9. The highest BCUT2D eigenvalue weighted by atomic mass is 16.4. The number of hydrogen-bond acceptors (Lipinski definition) is 4. The van der Waals surface area contributed by atoms with E-state index in [1.54, 1.807) is 0 Å². The molecule has 31 heavy (non-hydrogen) atoms. The number of carbonyl (C=O) groups is 3. The zero-order valence-corrected chi connectivity index (χ0v) is 17.2. The number of nitrogens with zero attached hydrogens (tertiary/aromatic N) is 1. The number of aliphatic carboxylic acids is 1. The summed E-state index contributed by atoms with van der Waals surface area (Å²) in [5, 5.41) is 19.6. The van der Waals surface area contributed by atoms with Crippen molar-refractivity contribution in [2.24, 2.45) is 11.8 Å². The minimum atomic E-state index is -0.919. The molecule has 2 amide bonds. The first-order valence-corrected chi connectivity index (χ1v) is 10.9. The molecule has 4 aliphatic rings. The van der Waals surface area contributed by atoms with Crippen LogP contribution in [0.15, 0.2) is 48.5 Å². The van der Waals surface area contributed by atoms with Crippen LogP contribution < -0.4 is 0 Å². The molecule has 1 heterocycles. The van der Waals surface area contributed by atoms with Crippen LogP contribution in [0.1, 0.15) is 53.9 Å². The topological polar surface area (TPSA) is 94.9 Å². The molecular weight excluding hydrogens is 394 g/mol. The van der Waals surface area contributed by atoms with Crippen molar-refractivity contribution in [3.8, 4) is 0 Å². The van der Waals surface area contributed by atoms with Gasteiger partial charge in [0.2, 0.25) is 11.8 Å². The lowest BCUT2D eigenvalue weighted by Crippen LogP contribution is -2.55. The lowest BCUT2D eigenvalue weighted by molar-refractivity contribution is -0.141. The van der Waals surface area contributed by atoms with E-state index in [0.29, 0.717) is 25.8 Å². The van der Waals surface area contributed by atoms with Crippen LogP contribution in [0.5, 0.6) is 0 Å². The summed E-state index contributed by atoms with van der Waals surface area (Å²) in [4.78, 5) is 39.2. The number of imide groups is 1. The van der Waals surface area contributed by atoms with E-state index < -0.39 is 23.2 Å². The van der Waals surface area contributed by atoms with Crippen molar-refractivity contribution in [3.63, 3.8) is 0 Å². The molecule has 2 aromatic rings. The molecule has 0 spiro atoms. The third-order valence-corrected chi connectivity index (χ3v) is 7.41. The van der Waals surface area contributed by atoms with Crippen LogP contribution in [-0.2, 0) is 19.8 Å². The second-order valence-corrected chi connectivity index (χ2v) is 8.82. The summed E-state index contributed by atoms with van der Waals surface area (Å²) >= 11 is 0. The molecule has 6 nitrogen and oxygen atoms in total. The van der Waals surface area contributed by atoms with E-state index in [0.717, 1.165) is 22.3 Å². The highest BCUT2D eigenvalue weighted by Gasteiger charge is 2.67. The van der Waals surface area contributed by atoms with Crippen LogP contribution in [0.3, 0.4) is 0 Å². The molecule has 160 valence electrons. The molecule has 0 radical (unpaired) electrons. The average molecular weight is 419 g/mol. The van der Waals surface area contributed by atoms with Gasteiger partial charge in [0.1, 0.15) is 0 Å². The van der Waals surface area contributed by atoms with Gasteiger partial charge < -0.3 is 10.2 Å². The van der Waals surface area contributed by atoms with Gasteiger partial charge in [-0.15, -0.1) is 0 Å². The van der Waals surface area contributed by atoms with Crippen LogP contribution in [0, 0.1) is 11.8 Å². The zero-order valence-electron chi connectivity index (χ0n) is 17.2. The minimum absolute atomic E-state index is 0.0907. The molecule has 2 aromatic carbocycles.